The lowest BCUT2D eigenvalue weighted by Crippen LogP contribution is -2.26. The topological polar surface area (TPSA) is 37.4 Å². The van der Waals surface area contributed by atoms with Gasteiger partial charge < -0.3 is 9.69 Å². The molecule has 0 heterocycles. The molecule has 0 bridgehead atoms. The number of amides is 1. The standard InChI is InChI=1S/C28H27NO2/c1-21(18-22(2)30)19-25-16-13-23(14-17-25)12-15-24-8-7-9-26(20-24)28(31)29(3)27-10-5-4-6-11-27/h4-11,13-14,16-17,20-21H,18-19H2,1-3H3. The summed E-state index contributed by atoms with van der Waals surface area (Å²) in [6, 6.07) is 25.1. The molecule has 0 aliphatic rings. The first-order valence-corrected chi connectivity index (χ1v) is 10.5. The SMILES string of the molecule is CC(=O)CC(C)Cc1ccc(C#Cc2cccc(C(=O)N(C)c3ccccc3)c2)cc1. The summed E-state index contributed by atoms with van der Waals surface area (Å²) in [6.45, 7) is 3.73. The van der Waals surface area contributed by atoms with Crippen LogP contribution in [0.3, 0.4) is 0 Å². The Morgan fingerprint density at radius 1 is 0.871 bits per heavy atom. The van der Waals surface area contributed by atoms with E-state index in [9.17, 15) is 9.59 Å². The summed E-state index contributed by atoms with van der Waals surface area (Å²) < 4.78 is 0. The van der Waals surface area contributed by atoms with E-state index in [1.165, 1.54) is 5.56 Å². The number of para-hydroxylation sites is 1. The predicted molar refractivity (Wildman–Crippen MR) is 126 cm³/mol. The van der Waals surface area contributed by atoms with E-state index >= 15 is 0 Å². The molecule has 156 valence electrons. The van der Waals surface area contributed by atoms with E-state index in [4.69, 9.17) is 0 Å². The minimum atomic E-state index is -0.0705. The molecule has 31 heavy (non-hydrogen) atoms. The van der Waals surface area contributed by atoms with Gasteiger partial charge in [0, 0.05) is 35.8 Å². The molecule has 0 saturated heterocycles. The van der Waals surface area contributed by atoms with Crippen LogP contribution in [0.15, 0.2) is 78.9 Å². The third-order valence-corrected chi connectivity index (χ3v) is 5.08. The van der Waals surface area contributed by atoms with Crippen molar-refractivity contribution in [3.05, 3.63) is 101 Å². The number of nitrogens with zero attached hydrogens (tertiary/aromatic N) is 1. The minimum absolute atomic E-state index is 0.0705. The van der Waals surface area contributed by atoms with Crippen LogP contribution in [0.25, 0.3) is 0 Å². The molecular formula is C28H27NO2. The van der Waals surface area contributed by atoms with Crippen LogP contribution in [0.1, 0.15) is 47.3 Å². The van der Waals surface area contributed by atoms with E-state index in [0.29, 0.717) is 17.9 Å². The Morgan fingerprint density at radius 3 is 2.23 bits per heavy atom. The number of anilines is 1. The monoisotopic (exact) mass is 409 g/mol. The lowest BCUT2D eigenvalue weighted by Gasteiger charge is -2.17. The van der Waals surface area contributed by atoms with Gasteiger partial charge in [-0.2, -0.15) is 0 Å². The third-order valence-electron chi connectivity index (χ3n) is 5.08. The highest BCUT2D eigenvalue weighted by Gasteiger charge is 2.13. The Hall–Kier alpha value is -3.64. The second kappa shape index (κ2) is 10.4. The Bertz CT molecular complexity index is 1100. The highest BCUT2D eigenvalue weighted by atomic mass is 16.2. The number of hydrogen-bond donors (Lipinski definition) is 0. The molecule has 3 nitrogen and oxygen atoms in total. The quantitative estimate of drug-likeness (QED) is 0.503. The van der Waals surface area contributed by atoms with E-state index in [-0.39, 0.29) is 11.7 Å². The molecule has 0 fully saturated rings. The zero-order valence-corrected chi connectivity index (χ0v) is 18.3. The third kappa shape index (κ3) is 6.42. The van der Waals surface area contributed by atoms with Crippen LogP contribution < -0.4 is 4.90 Å². The van der Waals surface area contributed by atoms with Crippen LogP contribution in [0.5, 0.6) is 0 Å². The summed E-state index contributed by atoms with van der Waals surface area (Å²) in [5.74, 6) is 6.82. The molecule has 1 unspecified atom stereocenters. The molecule has 0 aliphatic carbocycles. The van der Waals surface area contributed by atoms with Crippen molar-refractivity contribution >= 4 is 17.4 Å². The van der Waals surface area contributed by atoms with Crippen LogP contribution in [0.4, 0.5) is 5.69 Å². The zero-order valence-electron chi connectivity index (χ0n) is 18.3. The molecule has 3 aromatic carbocycles. The van der Waals surface area contributed by atoms with Crippen molar-refractivity contribution in [3.8, 4) is 11.8 Å². The highest BCUT2D eigenvalue weighted by Crippen LogP contribution is 2.16. The molecule has 0 radical (unpaired) electrons. The van der Waals surface area contributed by atoms with Gasteiger partial charge in [-0.25, -0.2) is 0 Å². The lowest BCUT2D eigenvalue weighted by atomic mass is 9.96. The highest BCUT2D eigenvalue weighted by molar-refractivity contribution is 6.05. The van der Waals surface area contributed by atoms with Crippen molar-refractivity contribution in [2.24, 2.45) is 5.92 Å². The van der Waals surface area contributed by atoms with Gasteiger partial charge >= 0.3 is 0 Å². The van der Waals surface area contributed by atoms with Crippen molar-refractivity contribution in [1.29, 1.82) is 0 Å². The number of Topliss-reactive ketones (excluding diaryl/α,β-unsaturated/α-hetero) is 1. The fraction of sp³-hybridized carbons (Fsp3) is 0.214. The average molecular weight is 410 g/mol. The van der Waals surface area contributed by atoms with Gasteiger partial charge in [-0.15, -0.1) is 0 Å². The second-order valence-corrected chi connectivity index (χ2v) is 7.94. The summed E-state index contributed by atoms with van der Waals surface area (Å²) in [7, 11) is 1.77. The van der Waals surface area contributed by atoms with Gasteiger partial charge in [-0.1, -0.05) is 55.2 Å². The van der Waals surface area contributed by atoms with Gasteiger partial charge in [0.15, 0.2) is 0 Å². The second-order valence-electron chi connectivity index (χ2n) is 7.94. The van der Waals surface area contributed by atoms with E-state index in [2.05, 4.69) is 30.9 Å². The zero-order chi connectivity index (χ0) is 22.2. The maximum atomic E-state index is 12.8. The number of hydrogen-bond acceptors (Lipinski definition) is 2. The average Bonchev–Trinajstić information content (AvgIpc) is 2.78. The lowest BCUT2D eigenvalue weighted by molar-refractivity contribution is -0.117. The Morgan fingerprint density at radius 2 is 1.55 bits per heavy atom. The van der Waals surface area contributed by atoms with Crippen molar-refractivity contribution in [2.75, 3.05) is 11.9 Å². The van der Waals surface area contributed by atoms with Crippen LogP contribution in [-0.2, 0) is 11.2 Å². The number of ketones is 1. The van der Waals surface area contributed by atoms with E-state index in [1.807, 2.05) is 66.7 Å². The number of rotatable bonds is 6. The minimum Gasteiger partial charge on any atom is -0.311 e. The summed E-state index contributed by atoms with van der Waals surface area (Å²) >= 11 is 0. The predicted octanol–water partition coefficient (Wildman–Crippen LogP) is 5.52. The fourth-order valence-corrected chi connectivity index (χ4v) is 3.53. The van der Waals surface area contributed by atoms with E-state index < -0.39 is 0 Å². The van der Waals surface area contributed by atoms with Gasteiger partial charge in [-0.3, -0.25) is 4.79 Å². The van der Waals surface area contributed by atoms with E-state index in [0.717, 1.165) is 23.2 Å². The normalized spacial score (nSPS) is 11.2. The van der Waals surface area contributed by atoms with Crippen LogP contribution in [0.2, 0.25) is 0 Å². The molecule has 3 aromatic rings. The van der Waals surface area contributed by atoms with Crippen molar-refractivity contribution in [1.82, 2.24) is 0 Å². The molecular weight excluding hydrogens is 382 g/mol. The first-order valence-electron chi connectivity index (χ1n) is 10.5. The van der Waals surface area contributed by atoms with Gasteiger partial charge in [0.25, 0.3) is 5.91 Å². The smallest absolute Gasteiger partial charge is 0.258 e. The van der Waals surface area contributed by atoms with Crippen LogP contribution in [-0.4, -0.2) is 18.7 Å². The Balaban J connectivity index is 1.69. The van der Waals surface area contributed by atoms with Gasteiger partial charge in [0.1, 0.15) is 5.78 Å². The number of carbonyl (C=O) groups is 2. The molecule has 1 atom stereocenters. The number of carbonyl (C=O) groups excluding carboxylic acids is 2. The first-order chi connectivity index (χ1) is 14.9. The van der Waals surface area contributed by atoms with Crippen molar-refractivity contribution in [3.63, 3.8) is 0 Å². The van der Waals surface area contributed by atoms with Gasteiger partial charge in [0.05, 0.1) is 0 Å². The molecule has 3 heteroatoms. The maximum absolute atomic E-state index is 12.8. The molecule has 1 amide bonds. The molecule has 0 spiro atoms. The summed E-state index contributed by atoms with van der Waals surface area (Å²) in [5, 5.41) is 0. The van der Waals surface area contributed by atoms with Gasteiger partial charge in [0.2, 0.25) is 0 Å². The summed E-state index contributed by atoms with van der Waals surface area (Å²) in [6.07, 6.45) is 1.49. The Kier molecular flexibility index (Phi) is 7.40. The Labute approximate surface area is 184 Å². The molecule has 3 rings (SSSR count). The van der Waals surface area contributed by atoms with Gasteiger partial charge in [-0.05, 0) is 67.3 Å². The van der Waals surface area contributed by atoms with E-state index in [1.54, 1.807) is 18.9 Å². The first kappa shape index (κ1) is 22.1. The maximum Gasteiger partial charge on any atom is 0.258 e. The fourth-order valence-electron chi connectivity index (χ4n) is 3.53. The van der Waals surface area contributed by atoms with Crippen molar-refractivity contribution in [2.45, 2.75) is 26.7 Å². The number of benzene rings is 3. The largest absolute Gasteiger partial charge is 0.311 e. The van der Waals surface area contributed by atoms with Crippen LogP contribution in [0, 0.1) is 17.8 Å². The molecule has 0 saturated carbocycles. The summed E-state index contributed by atoms with van der Waals surface area (Å²) in [5.41, 5.74) is 4.37. The summed E-state index contributed by atoms with van der Waals surface area (Å²) in [4.78, 5) is 25.7. The van der Waals surface area contributed by atoms with Crippen LogP contribution >= 0.6 is 0 Å². The molecule has 0 aliphatic heterocycles. The molecule has 0 aromatic heterocycles. The molecule has 0 N–H and O–H groups in total. The van der Waals surface area contributed by atoms with Crippen molar-refractivity contribution < 1.29 is 9.59 Å².